The second kappa shape index (κ2) is 14.3. The zero-order chi connectivity index (χ0) is 31.0. The summed E-state index contributed by atoms with van der Waals surface area (Å²) in [5.74, 6) is -1.54. The highest BCUT2D eigenvalue weighted by molar-refractivity contribution is 7.92. The van der Waals surface area contributed by atoms with Crippen LogP contribution in [0.5, 0.6) is 0 Å². The number of carbonyl (C=O) groups is 2. The van der Waals surface area contributed by atoms with E-state index in [2.05, 4.69) is 5.32 Å². The van der Waals surface area contributed by atoms with Gasteiger partial charge in [-0.2, -0.15) is 0 Å². The second-order valence-corrected chi connectivity index (χ2v) is 12.3. The number of sulfonamides is 1. The molecule has 0 spiro atoms. The molecule has 1 N–H and O–H groups in total. The Balaban J connectivity index is 1.78. The number of halogens is 2. The highest BCUT2D eigenvalue weighted by Crippen LogP contribution is 2.26. The molecule has 0 aliphatic rings. The van der Waals surface area contributed by atoms with Crippen molar-refractivity contribution in [1.82, 2.24) is 10.2 Å². The van der Waals surface area contributed by atoms with Crippen LogP contribution < -0.4 is 9.62 Å². The zero-order valence-electron chi connectivity index (χ0n) is 23.9. The molecule has 4 aromatic carbocycles. The number of amides is 2. The molecule has 10 heteroatoms. The van der Waals surface area contributed by atoms with Crippen LogP contribution in [0.4, 0.5) is 10.1 Å². The molecular formula is C33H33ClFN3O4S. The molecule has 2 amide bonds. The Morgan fingerprint density at radius 1 is 0.860 bits per heavy atom. The maximum atomic E-state index is 14.3. The minimum Gasteiger partial charge on any atom is -0.355 e. The number of benzene rings is 4. The number of hydrogen-bond donors (Lipinski definition) is 1. The lowest BCUT2D eigenvalue weighted by Gasteiger charge is -2.34. The van der Waals surface area contributed by atoms with Crippen molar-refractivity contribution in [3.05, 3.63) is 131 Å². The van der Waals surface area contributed by atoms with Crippen LogP contribution in [0.3, 0.4) is 0 Å². The quantitative estimate of drug-likeness (QED) is 0.218. The normalized spacial score (nSPS) is 11.9. The summed E-state index contributed by atoms with van der Waals surface area (Å²) in [6, 6.07) is 26.4. The number of nitrogens with one attached hydrogen (secondary N) is 1. The molecule has 1 unspecified atom stereocenters. The molecule has 0 saturated heterocycles. The van der Waals surface area contributed by atoms with E-state index in [-0.39, 0.29) is 29.5 Å². The minimum absolute atomic E-state index is 0.0307. The van der Waals surface area contributed by atoms with Gasteiger partial charge in [-0.05, 0) is 73.5 Å². The maximum Gasteiger partial charge on any atom is 0.264 e. The number of hydrogen-bond acceptors (Lipinski definition) is 4. The fourth-order valence-electron chi connectivity index (χ4n) is 4.61. The average molecular weight is 622 g/mol. The third-order valence-electron chi connectivity index (χ3n) is 6.89. The second-order valence-electron chi connectivity index (χ2n) is 10.0. The third-order valence-corrected chi connectivity index (χ3v) is 8.93. The lowest BCUT2D eigenvalue weighted by molar-refractivity contribution is -0.140. The molecule has 224 valence electrons. The van der Waals surface area contributed by atoms with Crippen molar-refractivity contribution < 1.29 is 22.4 Å². The number of aryl methyl sites for hydroxylation is 1. The number of anilines is 1. The fourth-order valence-corrected chi connectivity index (χ4v) is 6.15. The molecule has 0 fully saturated rings. The van der Waals surface area contributed by atoms with Crippen LogP contribution in [-0.4, -0.2) is 44.3 Å². The number of carbonyl (C=O) groups excluding carboxylic acids is 2. The van der Waals surface area contributed by atoms with Gasteiger partial charge in [0.2, 0.25) is 11.8 Å². The number of rotatable bonds is 12. The summed E-state index contributed by atoms with van der Waals surface area (Å²) in [6.45, 7) is 3.44. The van der Waals surface area contributed by atoms with Crippen LogP contribution in [0, 0.1) is 12.7 Å². The van der Waals surface area contributed by atoms with Gasteiger partial charge in [0.05, 0.1) is 10.6 Å². The van der Waals surface area contributed by atoms with E-state index in [0.717, 1.165) is 39.7 Å². The van der Waals surface area contributed by atoms with Gasteiger partial charge in [0.1, 0.15) is 18.4 Å². The molecule has 43 heavy (non-hydrogen) atoms. The van der Waals surface area contributed by atoms with Crippen molar-refractivity contribution in [3.8, 4) is 0 Å². The van der Waals surface area contributed by atoms with Gasteiger partial charge in [-0.25, -0.2) is 12.8 Å². The summed E-state index contributed by atoms with van der Waals surface area (Å²) in [5.41, 5.74) is 2.70. The van der Waals surface area contributed by atoms with E-state index in [1.165, 1.54) is 4.90 Å². The predicted octanol–water partition coefficient (Wildman–Crippen LogP) is 5.76. The first-order valence-corrected chi connectivity index (χ1v) is 15.6. The molecule has 4 aromatic rings. The Bertz CT molecular complexity index is 1630. The largest absolute Gasteiger partial charge is 0.355 e. The van der Waals surface area contributed by atoms with E-state index >= 15 is 0 Å². The Labute approximate surface area is 257 Å². The van der Waals surface area contributed by atoms with Crippen molar-refractivity contribution in [3.63, 3.8) is 0 Å². The topological polar surface area (TPSA) is 86.8 Å². The monoisotopic (exact) mass is 621 g/mol. The molecule has 0 aliphatic carbocycles. The van der Waals surface area contributed by atoms with Crippen LogP contribution in [0.15, 0.2) is 108 Å². The lowest BCUT2D eigenvalue weighted by Crippen LogP contribution is -2.53. The van der Waals surface area contributed by atoms with E-state index < -0.39 is 34.3 Å². The van der Waals surface area contributed by atoms with Crippen LogP contribution in [0.1, 0.15) is 23.6 Å². The van der Waals surface area contributed by atoms with Gasteiger partial charge in [-0.3, -0.25) is 13.9 Å². The highest BCUT2D eigenvalue weighted by atomic mass is 35.5. The molecule has 4 rings (SSSR count). The molecule has 0 aliphatic heterocycles. The maximum absolute atomic E-state index is 14.3. The molecule has 7 nitrogen and oxygen atoms in total. The molecule has 0 radical (unpaired) electrons. The van der Waals surface area contributed by atoms with E-state index in [1.807, 2.05) is 37.3 Å². The molecule has 1 atom stereocenters. The summed E-state index contributed by atoms with van der Waals surface area (Å²) >= 11 is 6.10. The lowest BCUT2D eigenvalue weighted by atomic mass is 10.0. The molecule has 0 heterocycles. The van der Waals surface area contributed by atoms with Crippen molar-refractivity contribution in [2.75, 3.05) is 17.4 Å². The minimum atomic E-state index is -4.30. The van der Waals surface area contributed by atoms with E-state index in [1.54, 1.807) is 55.5 Å². The Morgan fingerprint density at radius 3 is 2.09 bits per heavy atom. The van der Waals surface area contributed by atoms with Gasteiger partial charge in [-0.15, -0.1) is 0 Å². The summed E-state index contributed by atoms with van der Waals surface area (Å²) in [6.07, 6.45) is 0.210. The molecular weight excluding hydrogens is 589 g/mol. The number of likely N-dealkylation sites (N-methyl/N-ethyl adjacent to an activating group) is 1. The van der Waals surface area contributed by atoms with Gasteiger partial charge in [0.15, 0.2) is 0 Å². The van der Waals surface area contributed by atoms with Crippen molar-refractivity contribution in [2.24, 2.45) is 0 Å². The molecule has 0 aromatic heterocycles. The Hall–Kier alpha value is -4.21. The Morgan fingerprint density at radius 2 is 1.49 bits per heavy atom. The summed E-state index contributed by atoms with van der Waals surface area (Å²) in [5, 5.41) is 3.34. The SMILES string of the molecule is CCNC(=O)C(Cc1ccccc1)N(Cc1ccc(Cl)cc1)C(=O)CN(c1ccc(C)cc1)S(=O)(=O)c1ccc(F)cc1. The summed E-state index contributed by atoms with van der Waals surface area (Å²) in [7, 11) is -4.30. The van der Waals surface area contributed by atoms with Gasteiger partial charge in [-0.1, -0.05) is 71.8 Å². The van der Waals surface area contributed by atoms with Crippen LogP contribution in [0.25, 0.3) is 0 Å². The van der Waals surface area contributed by atoms with E-state index in [9.17, 15) is 22.4 Å². The van der Waals surface area contributed by atoms with Gasteiger partial charge < -0.3 is 10.2 Å². The standard InChI is InChI=1S/C33H33ClFN3O4S/c1-3-36-33(40)31(21-25-7-5-4-6-8-25)37(22-26-11-13-27(34)14-12-26)32(39)23-38(29-17-9-24(2)10-18-29)43(41,42)30-19-15-28(35)16-20-30/h4-20,31H,3,21-23H2,1-2H3,(H,36,40). The first kappa shape index (κ1) is 31.7. The smallest absolute Gasteiger partial charge is 0.264 e. The van der Waals surface area contributed by atoms with Crippen molar-refractivity contribution in [1.29, 1.82) is 0 Å². The van der Waals surface area contributed by atoms with Gasteiger partial charge in [0, 0.05) is 24.5 Å². The van der Waals surface area contributed by atoms with Crippen LogP contribution in [0.2, 0.25) is 5.02 Å². The van der Waals surface area contributed by atoms with Crippen LogP contribution >= 0.6 is 11.6 Å². The first-order valence-electron chi connectivity index (χ1n) is 13.8. The van der Waals surface area contributed by atoms with E-state index in [4.69, 9.17) is 11.6 Å². The van der Waals surface area contributed by atoms with Crippen molar-refractivity contribution in [2.45, 2.75) is 37.8 Å². The fraction of sp³-hybridized carbons (Fsp3) is 0.212. The average Bonchev–Trinajstić information content (AvgIpc) is 3.00. The third kappa shape index (κ3) is 8.21. The summed E-state index contributed by atoms with van der Waals surface area (Å²) < 4.78 is 42.5. The zero-order valence-corrected chi connectivity index (χ0v) is 25.5. The predicted molar refractivity (Wildman–Crippen MR) is 167 cm³/mol. The van der Waals surface area contributed by atoms with E-state index in [0.29, 0.717) is 17.1 Å². The highest BCUT2D eigenvalue weighted by Gasteiger charge is 2.34. The summed E-state index contributed by atoms with van der Waals surface area (Å²) in [4.78, 5) is 29.0. The Kier molecular flexibility index (Phi) is 10.6. The number of nitrogens with zero attached hydrogens (tertiary/aromatic N) is 2. The molecule has 0 saturated carbocycles. The first-order chi connectivity index (χ1) is 20.6. The van der Waals surface area contributed by atoms with Crippen molar-refractivity contribution >= 4 is 39.1 Å². The van der Waals surface area contributed by atoms with Crippen LogP contribution in [-0.2, 0) is 32.6 Å². The van der Waals surface area contributed by atoms with Gasteiger partial charge in [0.25, 0.3) is 10.0 Å². The molecule has 0 bridgehead atoms. The van der Waals surface area contributed by atoms with Gasteiger partial charge >= 0.3 is 0 Å².